The Hall–Kier alpha value is -0.900. The Bertz CT molecular complexity index is 344. The fourth-order valence-corrected chi connectivity index (χ4v) is 2.26. The van der Waals surface area contributed by atoms with Crippen LogP contribution >= 0.6 is 0 Å². The number of aryl methyl sites for hydroxylation is 1. The van der Waals surface area contributed by atoms with Gasteiger partial charge in [0.1, 0.15) is 0 Å². The minimum Gasteiger partial charge on any atom is -0.314 e. The van der Waals surface area contributed by atoms with Gasteiger partial charge in [0.2, 0.25) is 0 Å². The summed E-state index contributed by atoms with van der Waals surface area (Å²) in [6.45, 7) is 14.3. The van der Waals surface area contributed by atoms with Crippen molar-refractivity contribution in [2.45, 2.75) is 27.3 Å². The topological polar surface area (TPSA) is 18.5 Å². The lowest BCUT2D eigenvalue weighted by molar-refractivity contribution is 0.291. The van der Waals surface area contributed by atoms with Crippen molar-refractivity contribution in [3.8, 4) is 0 Å². The van der Waals surface area contributed by atoms with Crippen molar-refractivity contribution in [2.75, 3.05) is 46.3 Å². The Morgan fingerprint density at radius 1 is 0.950 bits per heavy atom. The summed E-state index contributed by atoms with van der Waals surface area (Å²) in [7, 11) is 2.19. The monoisotopic (exact) mass is 277 g/mol. The molecule has 1 rings (SSSR count). The Morgan fingerprint density at radius 2 is 1.55 bits per heavy atom. The predicted octanol–water partition coefficient (Wildman–Crippen LogP) is 2.36. The van der Waals surface area contributed by atoms with E-state index in [-0.39, 0.29) is 0 Å². The first-order valence-electron chi connectivity index (χ1n) is 7.82. The van der Waals surface area contributed by atoms with E-state index in [0.29, 0.717) is 0 Å². The minimum atomic E-state index is 1.03. The molecular formula is C17H31N3. The lowest BCUT2D eigenvalue weighted by Gasteiger charge is -2.20. The van der Waals surface area contributed by atoms with E-state index in [1.165, 1.54) is 11.1 Å². The molecule has 0 aromatic heterocycles. The highest BCUT2D eigenvalue weighted by atomic mass is 15.1. The van der Waals surface area contributed by atoms with Gasteiger partial charge < -0.3 is 15.1 Å². The maximum Gasteiger partial charge on any atom is 0.0231 e. The van der Waals surface area contributed by atoms with Gasteiger partial charge in [-0.15, -0.1) is 0 Å². The van der Waals surface area contributed by atoms with Crippen LogP contribution < -0.4 is 5.32 Å². The zero-order chi connectivity index (χ0) is 14.8. The number of likely N-dealkylation sites (N-methyl/N-ethyl adjacent to an activating group) is 2. The molecule has 0 spiro atoms. The molecule has 3 heteroatoms. The quantitative estimate of drug-likeness (QED) is 0.662. The molecule has 0 bridgehead atoms. The van der Waals surface area contributed by atoms with Crippen LogP contribution in [0.3, 0.4) is 0 Å². The van der Waals surface area contributed by atoms with Crippen molar-refractivity contribution in [3.63, 3.8) is 0 Å². The fourth-order valence-electron chi connectivity index (χ4n) is 2.26. The molecule has 0 saturated heterocycles. The SMILES string of the molecule is CCN(CC)CCNCCN(C)Cc1ccc(C)cc1. The summed E-state index contributed by atoms with van der Waals surface area (Å²) in [6, 6.07) is 8.82. The van der Waals surface area contributed by atoms with Gasteiger partial charge in [0.25, 0.3) is 0 Å². The van der Waals surface area contributed by atoms with Crippen molar-refractivity contribution in [2.24, 2.45) is 0 Å². The maximum absolute atomic E-state index is 3.53. The van der Waals surface area contributed by atoms with Crippen LogP contribution in [0.15, 0.2) is 24.3 Å². The zero-order valence-electron chi connectivity index (χ0n) is 13.7. The molecule has 0 saturated carbocycles. The Labute approximate surface area is 125 Å². The molecule has 0 aliphatic rings. The third-order valence-corrected chi connectivity index (χ3v) is 3.74. The second-order valence-electron chi connectivity index (χ2n) is 5.50. The Balaban J connectivity index is 2.11. The summed E-state index contributed by atoms with van der Waals surface area (Å²) >= 11 is 0. The summed E-state index contributed by atoms with van der Waals surface area (Å²) in [6.07, 6.45) is 0. The van der Waals surface area contributed by atoms with E-state index in [1.54, 1.807) is 0 Å². The number of hydrogen-bond donors (Lipinski definition) is 1. The van der Waals surface area contributed by atoms with Gasteiger partial charge >= 0.3 is 0 Å². The van der Waals surface area contributed by atoms with E-state index in [0.717, 1.165) is 45.8 Å². The third kappa shape index (κ3) is 7.04. The summed E-state index contributed by atoms with van der Waals surface area (Å²) < 4.78 is 0. The van der Waals surface area contributed by atoms with Crippen molar-refractivity contribution in [3.05, 3.63) is 35.4 Å². The molecule has 0 aliphatic carbocycles. The van der Waals surface area contributed by atoms with Gasteiger partial charge in [-0.3, -0.25) is 0 Å². The molecule has 1 aromatic rings. The van der Waals surface area contributed by atoms with Gasteiger partial charge in [-0.1, -0.05) is 43.7 Å². The molecule has 1 N–H and O–H groups in total. The zero-order valence-corrected chi connectivity index (χ0v) is 13.7. The maximum atomic E-state index is 3.53. The Morgan fingerprint density at radius 3 is 2.15 bits per heavy atom. The van der Waals surface area contributed by atoms with Gasteiger partial charge in [-0.05, 0) is 32.6 Å². The molecule has 0 fully saturated rings. The van der Waals surface area contributed by atoms with Crippen LogP contribution in [0.4, 0.5) is 0 Å². The lowest BCUT2D eigenvalue weighted by Crippen LogP contribution is -2.35. The second-order valence-corrected chi connectivity index (χ2v) is 5.50. The highest BCUT2D eigenvalue weighted by molar-refractivity contribution is 5.21. The van der Waals surface area contributed by atoms with Gasteiger partial charge in [-0.2, -0.15) is 0 Å². The third-order valence-electron chi connectivity index (χ3n) is 3.74. The molecular weight excluding hydrogens is 246 g/mol. The fraction of sp³-hybridized carbons (Fsp3) is 0.647. The van der Waals surface area contributed by atoms with Crippen LogP contribution in [0.2, 0.25) is 0 Å². The molecule has 3 nitrogen and oxygen atoms in total. The molecule has 0 amide bonds. The van der Waals surface area contributed by atoms with E-state index < -0.39 is 0 Å². The van der Waals surface area contributed by atoms with Crippen LogP contribution in [-0.4, -0.2) is 56.1 Å². The van der Waals surface area contributed by atoms with Gasteiger partial charge in [-0.25, -0.2) is 0 Å². The van der Waals surface area contributed by atoms with Crippen LogP contribution in [0.5, 0.6) is 0 Å². The standard InChI is InChI=1S/C17H31N3/c1-5-20(6-2)14-12-18-11-13-19(4)15-17-9-7-16(3)8-10-17/h7-10,18H,5-6,11-15H2,1-4H3. The largest absolute Gasteiger partial charge is 0.314 e. The highest BCUT2D eigenvalue weighted by Gasteiger charge is 2.01. The molecule has 114 valence electrons. The predicted molar refractivity (Wildman–Crippen MR) is 88.2 cm³/mol. The number of rotatable bonds is 10. The average molecular weight is 277 g/mol. The smallest absolute Gasteiger partial charge is 0.0231 e. The minimum absolute atomic E-state index is 1.03. The van der Waals surface area contributed by atoms with E-state index >= 15 is 0 Å². The number of nitrogens with one attached hydrogen (secondary N) is 1. The molecule has 20 heavy (non-hydrogen) atoms. The van der Waals surface area contributed by atoms with Crippen molar-refractivity contribution >= 4 is 0 Å². The number of benzene rings is 1. The van der Waals surface area contributed by atoms with E-state index in [4.69, 9.17) is 0 Å². The van der Waals surface area contributed by atoms with Crippen LogP contribution in [0.25, 0.3) is 0 Å². The molecule has 0 atom stereocenters. The average Bonchev–Trinajstić information content (AvgIpc) is 2.45. The second kappa shape index (κ2) is 9.92. The molecule has 0 unspecified atom stereocenters. The van der Waals surface area contributed by atoms with Crippen molar-refractivity contribution < 1.29 is 0 Å². The van der Waals surface area contributed by atoms with Gasteiger partial charge in [0.15, 0.2) is 0 Å². The first-order chi connectivity index (χ1) is 9.65. The van der Waals surface area contributed by atoms with Gasteiger partial charge in [0, 0.05) is 32.7 Å². The summed E-state index contributed by atoms with van der Waals surface area (Å²) in [5.41, 5.74) is 2.72. The highest BCUT2D eigenvalue weighted by Crippen LogP contribution is 2.05. The lowest BCUT2D eigenvalue weighted by atomic mass is 10.1. The van der Waals surface area contributed by atoms with Crippen LogP contribution in [0, 0.1) is 6.92 Å². The normalized spacial score (nSPS) is 11.5. The van der Waals surface area contributed by atoms with E-state index in [2.05, 4.69) is 67.2 Å². The van der Waals surface area contributed by atoms with Crippen LogP contribution in [0.1, 0.15) is 25.0 Å². The number of nitrogens with zero attached hydrogens (tertiary/aromatic N) is 2. The first-order valence-corrected chi connectivity index (χ1v) is 7.82. The Kier molecular flexibility index (Phi) is 8.51. The summed E-state index contributed by atoms with van der Waals surface area (Å²) in [4.78, 5) is 4.82. The first kappa shape index (κ1) is 17.2. The summed E-state index contributed by atoms with van der Waals surface area (Å²) in [5, 5.41) is 3.53. The van der Waals surface area contributed by atoms with Gasteiger partial charge in [0.05, 0.1) is 0 Å². The molecule has 0 radical (unpaired) electrons. The van der Waals surface area contributed by atoms with Crippen molar-refractivity contribution in [1.82, 2.24) is 15.1 Å². The number of hydrogen-bond acceptors (Lipinski definition) is 3. The molecule has 0 aliphatic heterocycles. The van der Waals surface area contributed by atoms with Crippen LogP contribution in [-0.2, 0) is 6.54 Å². The molecule has 1 aromatic carbocycles. The molecule has 0 heterocycles. The summed E-state index contributed by atoms with van der Waals surface area (Å²) in [5.74, 6) is 0. The van der Waals surface area contributed by atoms with E-state index in [9.17, 15) is 0 Å². The van der Waals surface area contributed by atoms with Crippen molar-refractivity contribution in [1.29, 1.82) is 0 Å². The van der Waals surface area contributed by atoms with E-state index in [1.807, 2.05) is 0 Å².